The van der Waals surface area contributed by atoms with Gasteiger partial charge in [-0.2, -0.15) is 13.2 Å². The molecule has 2 aromatic rings. The summed E-state index contributed by atoms with van der Waals surface area (Å²) < 4.78 is 37.6. The van der Waals surface area contributed by atoms with Crippen molar-refractivity contribution < 1.29 is 22.8 Å². The molecule has 5 nitrogen and oxygen atoms in total. The van der Waals surface area contributed by atoms with Gasteiger partial charge in [-0.15, -0.1) is 0 Å². The highest BCUT2D eigenvalue weighted by molar-refractivity contribution is 5.94. The van der Waals surface area contributed by atoms with E-state index in [0.29, 0.717) is 18.5 Å². The minimum Gasteiger partial charge on any atom is -0.348 e. The third-order valence-corrected chi connectivity index (χ3v) is 3.99. The Morgan fingerprint density at radius 1 is 1.04 bits per heavy atom. The summed E-state index contributed by atoms with van der Waals surface area (Å²) in [5.74, 6) is -0.595. The van der Waals surface area contributed by atoms with Crippen LogP contribution in [-0.2, 0) is 17.5 Å². The van der Waals surface area contributed by atoms with Crippen molar-refractivity contribution in [2.24, 2.45) is 5.73 Å². The van der Waals surface area contributed by atoms with Crippen LogP contribution < -0.4 is 16.4 Å². The molecule has 2 rings (SSSR count). The fourth-order valence-electron chi connectivity index (χ4n) is 2.38. The summed E-state index contributed by atoms with van der Waals surface area (Å²) in [7, 11) is 0. The molecule has 0 radical (unpaired) electrons. The molecule has 0 fully saturated rings. The Hall–Kier alpha value is -2.87. The molecule has 0 bridgehead atoms. The van der Waals surface area contributed by atoms with Crippen LogP contribution in [0.1, 0.15) is 41.3 Å². The third kappa shape index (κ3) is 6.70. The molecule has 0 aromatic heterocycles. The van der Waals surface area contributed by atoms with Crippen LogP contribution in [0.2, 0.25) is 0 Å². The summed E-state index contributed by atoms with van der Waals surface area (Å²) >= 11 is 0. The Labute approximate surface area is 161 Å². The number of halogens is 3. The van der Waals surface area contributed by atoms with E-state index in [4.69, 9.17) is 5.73 Å². The molecule has 28 heavy (non-hydrogen) atoms. The molecule has 8 heteroatoms. The van der Waals surface area contributed by atoms with Crippen LogP contribution in [0.4, 0.5) is 18.9 Å². The fourth-order valence-corrected chi connectivity index (χ4v) is 2.38. The Balaban J connectivity index is 1.85. The summed E-state index contributed by atoms with van der Waals surface area (Å²) in [5.41, 5.74) is 6.37. The van der Waals surface area contributed by atoms with Crippen molar-refractivity contribution in [2.75, 3.05) is 5.32 Å². The first-order chi connectivity index (χ1) is 13.1. The maximum Gasteiger partial charge on any atom is 0.416 e. The molecule has 2 amide bonds. The zero-order valence-corrected chi connectivity index (χ0v) is 15.3. The van der Waals surface area contributed by atoms with Crippen molar-refractivity contribution >= 4 is 17.5 Å². The number of rotatable bonds is 7. The lowest BCUT2D eigenvalue weighted by atomic mass is 10.1. The molecule has 0 aliphatic rings. The maximum absolute atomic E-state index is 12.5. The molecule has 2 aromatic carbocycles. The van der Waals surface area contributed by atoms with Crippen LogP contribution in [0.25, 0.3) is 0 Å². The van der Waals surface area contributed by atoms with Crippen molar-refractivity contribution in [1.82, 2.24) is 5.32 Å². The van der Waals surface area contributed by atoms with Crippen molar-refractivity contribution in [2.45, 2.75) is 38.5 Å². The number of benzene rings is 2. The zero-order chi connectivity index (χ0) is 20.7. The number of alkyl halides is 3. The first-order valence-corrected chi connectivity index (χ1v) is 8.75. The molecule has 0 spiro atoms. The van der Waals surface area contributed by atoms with Gasteiger partial charge in [0, 0.05) is 30.3 Å². The molecule has 0 aliphatic carbocycles. The lowest BCUT2D eigenvalue weighted by Gasteiger charge is -2.10. The fraction of sp³-hybridized carbons (Fsp3) is 0.300. The third-order valence-electron chi connectivity index (χ3n) is 3.99. The number of carbonyl (C=O) groups is 2. The molecular formula is C20H22F3N3O2. The first kappa shape index (κ1) is 21.4. The highest BCUT2D eigenvalue weighted by Gasteiger charge is 2.30. The molecule has 0 saturated heterocycles. The summed E-state index contributed by atoms with van der Waals surface area (Å²) in [6, 6.07) is 10.9. The molecule has 0 aliphatic heterocycles. The molecule has 1 atom stereocenters. The van der Waals surface area contributed by atoms with Crippen molar-refractivity contribution in [3.63, 3.8) is 0 Å². The summed E-state index contributed by atoms with van der Waals surface area (Å²) in [4.78, 5) is 23.8. The predicted molar refractivity (Wildman–Crippen MR) is 101 cm³/mol. The Morgan fingerprint density at radius 3 is 2.18 bits per heavy atom. The van der Waals surface area contributed by atoms with Gasteiger partial charge < -0.3 is 16.4 Å². The normalized spacial score (nSPS) is 12.3. The van der Waals surface area contributed by atoms with Gasteiger partial charge >= 0.3 is 6.18 Å². The van der Waals surface area contributed by atoms with E-state index in [1.54, 1.807) is 24.3 Å². The van der Waals surface area contributed by atoms with E-state index in [9.17, 15) is 22.8 Å². The second kappa shape index (κ2) is 9.36. The number of anilines is 1. The number of nitrogens with one attached hydrogen (secondary N) is 2. The SMILES string of the molecule is CC(N)CCC(=O)Nc1ccc(CNC(=O)c2ccc(C(F)(F)F)cc2)cc1. The first-order valence-electron chi connectivity index (χ1n) is 8.75. The van der Waals surface area contributed by atoms with Crippen LogP contribution in [-0.4, -0.2) is 17.9 Å². The highest BCUT2D eigenvalue weighted by atomic mass is 19.4. The lowest BCUT2D eigenvalue weighted by Crippen LogP contribution is -2.23. The lowest BCUT2D eigenvalue weighted by molar-refractivity contribution is -0.137. The topological polar surface area (TPSA) is 84.2 Å². The average molecular weight is 393 g/mol. The zero-order valence-electron chi connectivity index (χ0n) is 15.3. The van der Waals surface area contributed by atoms with Crippen LogP contribution in [0.15, 0.2) is 48.5 Å². The van der Waals surface area contributed by atoms with E-state index >= 15 is 0 Å². The van der Waals surface area contributed by atoms with Gasteiger partial charge in [0.15, 0.2) is 0 Å². The molecular weight excluding hydrogens is 371 g/mol. The predicted octanol–water partition coefficient (Wildman–Crippen LogP) is 3.70. The second-order valence-electron chi connectivity index (χ2n) is 6.52. The maximum atomic E-state index is 12.5. The van der Waals surface area contributed by atoms with Crippen molar-refractivity contribution in [1.29, 1.82) is 0 Å². The van der Waals surface area contributed by atoms with Crippen LogP contribution >= 0.6 is 0 Å². The largest absolute Gasteiger partial charge is 0.416 e. The minimum atomic E-state index is -4.44. The Bertz CT molecular complexity index is 801. The van der Waals surface area contributed by atoms with E-state index in [-0.39, 0.29) is 24.1 Å². The van der Waals surface area contributed by atoms with E-state index in [1.165, 1.54) is 0 Å². The molecule has 4 N–H and O–H groups in total. The smallest absolute Gasteiger partial charge is 0.348 e. The monoisotopic (exact) mass is 393 g/mol. The number of hydrogen-bond donors (Lipinski definition) is 3. The van der Waals surface area contributed by atoms with Crippen LogP contribution in [0.5, 0.6) is 0 Å². The van der Waals surface area contributed by atoms with Gasteiger partial charge in [-0.3, -0.25) is 9.59 Å². The number of carbonyl (C=O) groups excluding carboxylic acids is 2. The number of nitrogens with two attached hydrogens (primary N) is 1. The molecule has 0 saturated carbocycles. The van der Waals surface area contributed by atoms with Crippen molar-refractivity contribution in [3.8, 4) is 0 Å². The van der Waals surface area contributed by atoms with Crippen LogP contribution in [0, 0.1) is 0 Å². The summed E-state index contributed by atoms with van der Waals surface area (Å²) in [5, 5.41) is 5.40. The van der Waals surface area contributed by atoms with Gasteiger partial charge in [-0.25, -0.2) is 0 Å². The van der Waals surface area contributed by atoms with E-state index in [2.05, 4.69) is 10.6 Å². The quantitative estimate of drug-likeness (QED) is 0.671. The standard InChI is InChI=1S/C20H22F3N3O2/c1-13(24)2-11-18(27)26-17-9-3-14(4-10-17)12-25-19(28)15-5-7-16(8-6-15)20(21,22)23/h3-10,13H,2,11-12,24H2,1H3,(H,25,28)(H,26,27). The van der Waals surface area contributed by atoms with Crippen molar-refractivity contribution in [3.05, 3.63) is 65.2 Å². The Morgan fingerprint density at radius 2 is 1.64 bits per heavy atom. The average Bonchev–Trinajstić information content (AvgIpc) is 2.65. The van der Waals surface area contributed by atoms with E-state index in [1.807, 2.05) is 6.92 Å². The van der Waals surface area contributed by atoms with Gasteiger partial charge in [0.2, 0.25) is 5.91 Å². The molecule has 0 heterocycles. The van der Waals surface area contributed by atoms with Gasteiger partial charge in [0.1, 0.15) is 0 Å². The molecule has 150 valence electrons. The van der Waals surface area contributed by atoms with Gasteiger partial charge in [-0.05, 0) is 55.3 Å². The van der Waals surface area contributed by atoms with Gasteiger partial charge in [-0.1, -0.05) is 12.1 Å². The summed E-state index contributed by atoms with van der Waals surface area (Å²) in [6.45, 7) is 2.04. The van der Waals surface area contributed by atoms with Gasteiger partial charge in [0.25, 0.3) is 5.91 Å². The second-order valence-corrected chi connectivity index (χ2v) is 6.52. The number of amides is 2. The molecule has 1 unspecified atom stereocenters. The van der Waals surface area contributed by atoms with E-state index < -0.39 is 17.6 Å². The van der Waals surface area contributed by atoms with E-state index in [0.717, 1.165) is 29.8 Å². The van der Waals surface area contributed by atoms with Crippen LogP contribution in [0.3, 0.4) is 0 Å². The Kier molecular flexibility index (Phi) is 7.17. The van der Waals surface area contributed by atoms with Gasteiger partial charge in [0.05, 0.1) is 5.56 Å². The highest BCUT2D eigenvalue weighted by Crippen LogP contribution is 2.29. The number of hydrogen-bond acceptors (Lipinski definition) is 3. The minimum absolute atomic E-state index is 0.0404. The summed E-state index contributed by atoms with van der Waals surface area (Å²) in [6.07, 6.45) is -3.50.